The fourth-order valence-electron chi connectivity index (χ4n) is 2.88. The van der Waals surface area contributed by atoms with E-state index in [-0.39, 0.29) is 24.8 Å². The average Bonchev–Trinajstić information content (AvgIpc) is 3.33. The van der Waals surface area contributed by atoms with Gasteiger partial charge in [0.2, 0.25) is 5.91 Å². The molecule has 0 saturated carbocycles. The summed E-state index contributed by atoms with van der Waals surface area (Å²) in [6.45, 7) is 0.184. The van der Waals surface area contributed by atoms with Crippen LogP contribution in [-0.2, 0) is 9.59 Å². The number of carbonyl (C=O) groups excluding carboxylic acids is 2. The summed E-state index contributed by atoms with van der Waals surface area (Å²) < 4.78 is 10.3. The maximum absolute atomic E-state index is 12.7. The Balaban J connectivity index is 1.39. The first-order valence-electron chi connectivity index (χ1n) is 8.96. The van der Waals surface area contributed by atoms with Crippen molar-refractivity contribution in [2.45, 2.75) is 6.42 Å². The van der Waals surface area contributed by atoms with Crippen LogP contribution < -0.4 is 10.1 Å². The standard InChI is InChI=1S/C20H16N4O4S2/c1-27-13-7-5-12(6-8-13)11-16-19(26)24(20(29)30-16)10-9-17(25)21-14-3-2-4-15-18(14)23-28-22-15/h2-8,11H,9-10H2,1H3,(H,21,25). The van der Waals surface area contributed by atoms with Crippen LogP contribution in [-0.4, -0.2) is 45.0 Å². The van der Waals surface area contributed by atoms with Gasteiger partial charge in [-0.2, -0.15) is 0 Å². The van der Waals surface area contributed by atoms with Crippen LogP contribution >= 0.6 is 24.0 Å². The molecule has 2 aromatic carbocycles. The molecule has 0 atom stereocenters. The van der Waals surface area contributed by atoms with E-state index in [1.54, 1.807) is 31.4 Å². The van der Waals surface area contributed by atoms with E-state index in [4.69, 9.17) is 21.6 Å². The number of rotatable bonds is 6. The summed E-state index contributed by atoms with van der Waals surface area (Å²) in [5, 5.41) is 10.3. The zero-order valence-electron chi connectivity index (χ0n) is 15.8. The molecule has 0 bridgehead atoms. The minimum atomic E-state index is -0.265. The molecule has 3 aromatic rings. The van der Waals surface area contributed by atoms with E-state index in [1.165, 1.54) is 16.7 Å². The number of thiocarbonyl (C=S) groups is 1. The number of fused-ring (bicyclic) bond motifs is 1. The third kappa shape index (κ3) is 4.19. The third-order valence-corrected chi connectivity index (χ3v) is 5.79. The van der Waals surface area contributed by atoms with Crippen LogP contribution in [0, 0.1) is 0 Å². The highest BCUT2D eigenvalue weighted by atomic mass is 32.2. The van der Waals surface area contributed by atoms with Crippen molar-refractivity contribution in [2.75, 3.05) is 19.0 Å². The largest absolute Gasteiger partial charge is 0.497 e. The molecule has 1 saturated heterocycles. The number of amides is 2. The molecule has 0 spiro atoms. The maximum atomic E-state index is 12.7. The molecule has 8 nitrogen and oxygen atoms in total. The van der Waals surface area contributed by atoms with Gasteiger partial charge in [-0.3, -0.25) is 14.5 Å². The van der Waals surface area contributed by atoms with Gasteiger partial charge in [0.1, 0.15) is 15.6 Å². The Labute approximate surface area is 181 Å². The van der Waals surface area contributed by atoms with Crippen molar-refractivity contribution in [3.63, 3.8) is 0 Å². The highest BCUT2D eigenvalue weighted by molar-refractivity contribution is 8.26. The molecule has 4 rings (SSSR count). The number of thioether (sulfide) groups is 1. The molecule has 2 amide bonds. The van der Waals surface area contributed by atoms with E-state index < -0.39 is 0 Å². The van der Waals surface area contributed by atoms with Crippen LogP contribution in [0.3, 0.4) is 0 Å². The number of nitrogens with zero attached hydrogens (tertiary/aromatic N) is 3. The van der Waals surface area contributed by atoms with Crippen LogP contribution in [0.15, 0.2) is 52.0 Å². The van der Waals surface area contributed by atoms with Crippen molar-refractivity contribution in [1.82, 2.24) is 15.2 Å². The number of carbonyl (C=O) groups is 2. The lowest BCUT2D eigenvalue weighted by Crippen LogP contribution is -2.31. The summed E-state index contributed by atoms with van der Waals surface area (Å²) in [7, 11) is 1.60. The number of hydrogen-bond donors (Lipinski definition) is 1. The first-order chi connectivity index (χ1) is 14.5. The van der Waals surface area contributed by atoms with Crippen molar-refractivity contribution in [1.29, 1.82) is 0 Å². The highest BCUT2D eigenvalue weighted by Gasteiger charge is 2.32. The molecule has 1 fully saturated rings. The average molecular weight is 441 g/mol. The zero-order chi connectivity index (χ0) is 21.1. The molecule has 152 valence electrons. The monoisotopic (exact) mass is 440 g/mol. The summed E-state index contributed by atoms with van der Waals surface area (Å²) in [6, 6.07) is 12.5. The van der Waals surface area contributed by atoms with Crippen molar-refractivity contribution >= 4 is 62.9 Å². The van der Waals surface area contributed by atoms with E-state index in [9.17, 15) is 9.59 Å². The minimum Gasteiger partial charge on any atom is -0.497 e. The van der Waals surface area contributed by atoms with Crippen LogP contribution in [0.4, 0.5) is 5.69 Å². The molecule has 0 radical (unpaired) electrons. The Bertz CT molecular complexity index is 1160. The molecular formula is C20H16N4O4S2. The number of hydrogen-bond acceptors (Lipinski definition) is 8. The molecular weight excluding hydrogens is 424 g/mol. The predicted molar refractivity (Wildman–Crippen MR) is 118 cm³/mol. The number of nitrogens with one attached hydrogen (secondary N) is 1. The summed E-state index contributed by atoms with van der Waals surface area (Å²) in [5.41, 5.74) is 2.39. The summed E-state index contributed by atoms with van der Waals surface area (Å²) in [4.78, 5) is 27.0. The smallest absolute Gasteiger partial charge is 0.266 e. The summed E-state index contributed by atoms with van der Waals surface area (Å²) in [5.74, 6) is 0.262. The SMILES string of the molecule is COc1ccc(C=C2SC(=S)N(CCC(=O)Nc3cccc4nonc34)C2=O)cc1. The first-order valence-corrected chi connectivity index (χ1v) is 10.2. The quantitative estimate of drug-likeness (QED) is 0.460. The second kappa shape index (κ2) is 8.64. The van der Waals surface area contributed by atoms with Gasteiger partial charge < -0.3 is 10.1 Å². The maximum Gasteiger partial charge on any atom is 0.266 e. The van der Waals surface area contributed by atoms with Gasteiger partial charge in [0, 0.05) is 13.0 Å². The lowest BCUT2D eigenvalue weighted by Gasteiger charge is -2.14. The number of ether oxygens (including phenoxy) is 1. The molecule has 0 aliphatic carbocycles. The van der Waals surface area contributed by atoms with E-state index >= 15 is 0 Å². The van der Waals surface area contributed by atoms with Gasteiger partial charge in [-0.05, 0) is 46.2 Å². The number of anilines is 1. The molecule has 0 unspecified atom stereocenters. The fraction of sp³-hybridized carbons (Fsp3) is 0.150. The number of benzene rings is 2. The van der Waals surface area contributed by atoms with E-state index in [0.29, 0.717) is 25.9 Å². The molecule has 1 aromatic heterocycles. The lowest BCUT2D eigenvalue weighted by atomic mass is 10.2. The zero-order valence-corrected chi connectivity index (χ0v) is 17.5. The van der Waals surface area contributed by atoms with Gasteiger partial charge >= 0.3 is 0 Å². The fourth-order valence-corrected chi connectivity index (χ4v) is 4.19. The Hall–Kier alpha value is -3.24. The van der Waals surface area contributed by atoms with Gasteiger partial charge in [-0.15, -0.1) is 0 Å². The highest BCUT2D eigenvalue weighted by Crippen LogP contribution is 2.33. The van der Waals surface area contributed by atoms with Gasteiger partial charge in [0.15, 0.2) is 5.52 Å². The van der Waals surface area contributed by atoms with Crippen molar-refractivity contribution in [3.05, 3.63) is 52.9 Å². The van der Waals surface area contributed by atoms with Crippen LogP contribution in [0.25, 0.3) is 17.1 Å². The van der Waals surface area contributed by atoms with E-state index in [1.807, 2.05) is 24.3 Å². The lowest BCUT2D eigenvalue weighted by molar-refractivity contribution is -0.122. The van der Waals surface area contributed by atoms with Crippen LogP contribution in [0.1, 0.15) is 12.0 Å². The van der Waals surface area contributed by atoms with Gasteiger partial charge in [-0.25, -0.2) is 4.63 Å². The predicted octanol–water partition coefficient (Wildman–Crippen LogP) is 3.46. The van der Waals surface area contributed by atoms with Gasteiger partial charge in [-0.1, -0.05) is 42.2 Å². The summed E-state index contributed by atoms with van der Waals surface area (Å²) in [6.07, 6.45) is 1.86. The van der Waals surface area contributed by atoms with Crippen molar-refractivity contribution < 1.29 is 19.0 Å². The Morgan fingerprint density at radius 3 is 2.83 bits per heavy atom. The normalized spacial score (nSPS) is 15.2. The third-order valence-electron chi connectivity index (χ3n) is 4.41. The number of methoxy groups -OCH3 is 1. The second-order valence-electron chi connectivity index (χ2n) is 6.34. The molecule has 10 heteroatoms. The molecule has 1 aliphatic rings. The molecule has 30 heavy (non-hydrogen) atoms. The minimum absolute atomic E-state index is 0.0872. The Morgan fingerprint density at radius 1 is 1.27 bits per heavy atom. The van der Waals surface area contributed by atoms with Crippen LogP contribution in [0.2, 0.25) is 0 Å². The van der Waals surface area contributed by atoms with E-state index in [0.717, 1.165) is 11.3 Å². The Kier molecular flexibility index (Phi) is 5.77. The van der Waals surface area contributed by atoms with Gasteiger partial charge in [0.05, 0.1) is 17.7 Å². The first kappa shape index (κ1) is 20.0. The topological polar surface area (TPSA) is 97.6 Å². The van der Waals surface area contributed by atoms with Crippen molar-refractivity contribution in [3.8, 4) is 5.75 Å². The summed E-state index contributed by atoms with van der Waals surface area (Å²) >= 11 is 6.55. The van der Waals surface area contributed by atoms with Crippen LogP contribution in [0.5, 0.6) is 5.75 Å². The Morgan fingerprint density at radius 2 is 2.07 bits per heavy atom. The second-order valence-corrected chi connectivity index (χ2v) is 8.02. The molecule has 1 aliphatic heterocycles. The molecule has 1 N–H and O–H groups in total. The number of aromatic nitrogens is 2. The van der Waals surface area contributed by atoms with Crippen molar-refractivity contribution in [2.24, 2.45) is 0 Å². The van der Waals surface area contributed by atoms with Gasteiger partial charge in [0.25, 0.3) is 5.91 Å². The van der Waals surface area contributed by atoms with E-state index in [2.05, 4.69) is 15.6 Å². The molecule has 2 heterocycles.